The van der Waals surface area contributed by atoms with Gasteiger partial charge in [-0.3, -0.25) is 4.79 Å². The minimum absolute atomic E-state index is 0.161. The van der Waals surface area contributed by atoms with E-state index >= 15 is 0 Å². The fourth-order valence-electron chi connectivity index (χ4n) is 2.74. The smallest absolute Gasteiger partial charge is 0.339 e. The first kappa shape index (κ1) is 20.9. The van der Waals surface area contributed by atoms with Crippen molar-refractivity contribution in [2.45, 2.75) is 25.4 Å². The van der Waals surface area contributed by atoms with Crippen LogP contribution in [0.5, 0.6) is 5.88 Å². The normalized spacial score (nSPS) is 10.7. The van der Waals surface area contributed by atoms with E-state index in [1.807, 2.05) is 35.9 Å². The lowest BCUT2D eigenvalue weighted by Gasteiger charge is -2.10. The molecule has 0 aliphatic rings. The Hall–Kier alpha value is -2.78. The van der Waals surface area contributed by atoms with Crippen LogP contribution in [0.2, 0.25) is 0 Å². The summed E-state index contributed by atoms with van der Waals surface area (Å²) in [5.74, 6) is 0.0258. The monoisotopic (exact) mass is 431 g/mol. The predicted molar refractivity (Wildman–Crippen MR) is 114 cm³/mol. The van der Waals surface area contributed by atoms with Gasteiger partial charge in [0.05, 0.1) is 30.0 Å². The first-order chi connectivity index (χ1) is 13.9. The molecule has 9 heteroatoms. The number of methoxy groups -OCH3 is 1. The summed E-state index contributed by atoms with van der Waals surface area (Å²) in [7, 11) is 1.30. The maximum atomic E-state index is 12.4. The second-order valence-electron chi connectivity index (χ2n) is 6.30. The van der Waals surface area contributed by atoms with Crippen LogP contribution in [-0.2, 0) is 16.1 Å². The Labute approximate surface area is 176 Å². The highest BCUT2D eigenvalue weighted by Crippen LogP contribution is 2.35. The summed E-state index contributed by atoms with van der Waals surface area (Å²) in [6.07, 6.45) is 1.35. The Morgan fingerprint density at radius 1 is 1.28 bits per heavy atom. The van der Waals surface area contributed by atoms with E-state index in [9.17, 15) is 14.7 Å². The van der Waals surface area contributed by atoms with Crippen LogP contribution in [-0.4, -0.2) is 39.4 Å². The Balaban J connectivity index is 1.67. The van der Waals surface area contributed by atoms with Crippen molar-refractivity contribution >= 4 is 40.8 Å². The van der Waals surface area contributed by atoms with Crippen LogP contribution < -0.4 is 5.32 Å². The van der Waals surface area contributed by atoms with Gasteiger partial charge in [0.1, 0.15) is 5.82 Å². The summed E-state index contributed by atoms with van der Waals surface area (Å²) < 4.78 is 6.46. The van der Waals surface area contributed by atoms with E-state index in [-0.39, 0.29) is 17.5 Å². The van der Waals surface area contributed by atoms with Crippen molar-refractivity contribution in [3.63, 3.8) is 0 Å². The number of rotatable bonds is 7. The van der Waals surface area contributed by atoms with E-state index in [0.717, 1.165) is 21.0 Å². The molecule has 0 aliphatic heterocycles. The number of nitrogens with zero attached hydrogens (tertiary/aromatic N) is 2. The van der Waals surface area contributed by atoms with E-state index in [0.29, 0.717) is 17.9 Å². The number of thiophene rings is 1. The highest BCUT2D eigenvalue weighted by molar-refractivity contribution is 8.00. The van der Waals surface area contributed by atoms with E-state index in [2.05, 4.69) is 15.0 Å². The Bertz CT molecular complexity index is 1010. The van der Waals surface area contributed by atoms with Crippen LogP contribution in [0.1, 0.15) is 26.4 Å². The molecule has 0 fully saturated rings. The number of aromatic hydroxyl groups is 1. The molecule has 152 valence electrons. The Morgan fingerprint density at radius 2 is 2.07 bits per heavy atom. The topological polar surface area (TPSA) is 93.5 Å². The molecule has 2 N–H and O–H groups in total. The standard InChI is InChI=1S/C20H21N3O4S2/c1-12-13(2)19(23(18(12)25)10-15-5-4-8-28-15)29-11-17(24)22-16-7-6-14(9-21-16)20(26)27-3/h4-9,25H,10-11H2,1-3H3,(H,21,22,24). The summed E-state index contributed by atoms with van der Waals surface area (Å²) in [6.45, 7) is 4.36. The first-order valence-corrected chi connectivity index (χ1v) is 10.6. The minimum atomic E-state index is -0.483. The third-order valence-corrected chi connectivity index (χ3v) is 6.47. The van der Waals surface area contributed by atoms with Gasteiger partial charge < -0.3 is 19.7 Å². The largest absolute Gasteiger partial charge is 0.494 e. The summed E-state index contributed by atoms with van der Waals surface area (Å²) in [6, 6.07) is 7.08. The molecule has 0 saturated heterocycles. The van der Waals surface area contributed by atoms with Gasteiger partial charge >= 0.3 is 5.97 Å². The molecule has 3 aromatic rings. The van der Waals surface area contributed by atoms with E-state index in [4.69, 9.17) is 0 Å². The van der Waals surface area contributed by atoms with Gasteiger partial charge in [0.25, 0.3) is 0 Å². The second kappa shape index (κ2) is 9.15. The highest BCUT2D eigenvalue weighted by atomic mass is 32.2. The van der Waals surface area contributed by atoms with Crippen LogP contribution in [0.4, 0.5) is 5.82 Å². The molecule has 3 rings (SSSR count). The molecular weight excluding hydrogens is 410 g/mol. The molecule has 29 heavy (non-hydrogen) atoms. The van der Waals surface area contributed by atoms with E-state index in [1.54, 1.807) is 23.5 Å². The molecule has 0 aromatic carbocycles. The van der Waals surface area contributed by atoms with Gasteiger partial charge in [-0.1, -0.05) is 17.8 Å². The van der Waals surface area contributed by atoms with Crippen molar-refractivity contribution < 1.29 is 19.4 Å². The average Bonchev–Trinajstić information content (AvgIpc) is 3.30. The van der Waals surface area contributed by atoms with Gasteiger partial charge in [-0.25, -0.2) is 9.78 Å². The number of hydrogen-bond donors (Lipinski definition) is 2. The summed E-state index contributed by atoms with van der Waals surface area (Å²) in [5.41, 5.74) is 2.08. The Morgan fingerprint density at radius 3 is 2.69 bits per heavy atom. The molecule has 7 nitrogen and oxygen atoms in total. The number of amides is 1. The first-order valence-electron chi connectivity index (χ1n) is 8.78. The molecule has 0 saturated carbocycles. The lowest BCUT2D eigenvalue weighted by atomic mass is 10.2. The molecule has 0 unspecified atom stereocenters. The summed E-state index contributed by atoms with van der Waals surface area (Å²) in [4.78, 5) is 29.0. The van der Waals surface area contributed by atoms with Crippen molar-refractivity contribution in [2.24, 2.45) is 0 Å². The van der Waals surface area contributed by atoms with E-state index < -0.39 is 5.97 Å². The van der Waals surface area contributed by atoms with Crippen molar-refractivity contribution in [1.29, 1.82) is 0 Å². The number of carbonyl (C=O) groups excluding carboxylic acids is 2. The molecule has 0 bridgehead atoms. The number of esters is 1. The molecule has 0 aliphatic carbocycles. The van der Waals surface area contributed by atoms with Crippen LogP contribution in [0.15, 0.2) is 40.9 Å². The zero-order valence-electron chi connectivity index (χ0n) is 16.3. The molecule has 0 spiro atoms. The summed E-state index contributed by atoms with van der Waals surface area (Å²) >= 11 is 2.98. The van der Waals surface area contributed by atoms with Gasteiger partial charge in [-0.05, 0) is 43.0 Å². The predicted octanol–water partition coefficient (Wildman–Crippen LogP) is 3.83. The third kappa shape index (κ3) is 4.80. The number of thioether (sulfide) groups is 1. The third-order valence-electron chi connectivity index (χ3n) is 4.41. The number of hydrogen-bond acceptors (Lipinski definition) is 7. The van der Waals surface area contributed by atoms with Gasteiger partial charge in [0, 0.05) is 16.6 Å². The maximum absolute atomic E-state index is 12.4. The number of anilines is 1. The molecule has 3 heterocycles. The molecule has 0 radical (unpaired) electrons. The lowest BCUT2D eigenvalue weighted by Crippen LogP contribution is -2.16. The molecule has 1 amide bonds. The number of aromatic nitrogens is 2. The average molecular weight is 432 g/mol. The van der Waals surface area contributed by atoms with Crippen molar-refractivity contribution in [2.75, 3.05) is 18.2 Å². The minimum Gasteiger partial charge on any atom is -0.494 e. The van der Waals surface area contributed by atoms with Crippen LogP contribution in [0.3, 0.4) is 0 Å². The van der Waals surface area contributed by atoms with Crippen molar-refractivity contribution in [3.8, 4) is 5.88 Å². The molecule has 0 atom stereocenters. The van der Waals surface area contributed by atoms with Gasteiger partial charge in [0.15, 0.2) is 5.88 Å². The van der Waals surface area contributed by atoms with Crippen molar-refractivity contribution in [3.05, 3.63) is 57.4 Å². The molecule has 3 aromatic heterocycles. The zero-order valence-corrected chi connectivity index (χ0v) is 17.9. The van der Waals surface area contributed by atoms with Crippen LogP contribution >= 0.6 is 23.1 Å². The van der Waals surface area contributed by atoms with Gasteiger partial charge in [-0.2, -0.15) is 0 Å². The SMILES string of the molecule is COC(=O)c1ccc(NC(=O)CSc2c(C)c(C)c(O)n2Cc2cccs2)nc1. The highest BCUT2D eigenvalue weighted by Gasteiger charge is 2.19. The zero-order chi connectivity index (χ0) is 21.0. The number of ether oxygens (including phenoxy) is 1. The number of carbonyl (C=O) groups is 2. The molecular formula is C20H21N3O4S2. The lowest BCUT2D eigenvalue weighted by molar-refractivity contribution is -0.113. The van der Waals surface area contributed by atoms with Crippen LogP contribution in [0, 0.1) is 13.8 Å². The van der Waals surface area contributed by atoms with Crippen molar-refractivity contribution in [1.82, 2.24) is 9.55 Å². The fourth-order valence-corrected chi connectivity index (χ4v) is 4.45. The van der Waals surface area contributed by atoms with Crippen LogP contribution in [0.25, 0.3) is 0 Å². The fraction of sp³-hybridized carbons (Fsp3) is 0.250. The van der Waals surface area contributed by atoms with Gasteiger partial charge in [0.2, 0.25) is 5.91 Å². The summed E-state index contributed by atoms with van der Waals surface area (Å²) in [5, 5.41) is 16.1. The second-order valence-corrected chi connectivity index (χ2v) is 8.30. The van der Waals surface area contributed by atoms with E-state index in [1.165, 1.54) is 25.1 Å². The van der Waals surface area contributed by atoms with Gasteiger partial charge in [-0.15, -0.1) is 11.3 Å². The quantitative estimate of drug-likeness (QED) is 0.436. The maximum Gasteiger partial charge on any atom is 0.339 e. The number of nitrogens with one attached hydrogen (secondary N) is 1. The Kier molecular flexibility index (Phi) is 6.60. The number of pyridine rings is 1.